The smallest absolute Gasteiger partial charge is 0.251 e. The van der Waals surface area contributed by atoms with E-state index in [1.54, 1.807) is 18.0 Å². The maximum Gasteiger partial charge on any atom is 0.251 e. The molecule has 0 aliphatic rings. The van der Waals surface area contributed by atoms with Gasteiger partial charge in [0.25, 0.3) is 5.91 Å². The Hall–Kier alpha value is -3.90. The summed E-state index contributed by atoms with van der Waals surface area (Å²) in [5.41, 5.74) is 7.34. The molecule has 0 radical (unpaired) electrons. The largest absolute Gasteiger partial charge is 0.348 e. The van der Waals surface area contributed by atoms with Gasteiger partial charge in [-0.15, -0.1) is 0 Å². The second-order valence-electron chi connectivity index (χ2n) is 8.49. The molecule has 2 aromatic heterocycles. The Morgan fingerprint density at radius 3 is 2.51 bits per heavy atom. The molecule has 0 aliphatic heterocycles. The van der Waals surface area contributed by atoms with E-state index >= 15 is 0 Å². The molecule has 0 bridgehead atoms. The number of pyridine rings is 1. The molecule has 0 saturated carbocycles. The number of hydrogen-bond donors (Lipinski definition) is 1. The van der Waals surface area contributed by atoms with Crippen molar-refractivity contribution >= 4 is 28.7 Å². The van der Waals surface area contributed by atoms with Crippen LogP contribution in [0, 0.1) is 6.92 Å². The highest BCUT2D eigenvalue weighted by Gasteiger charge is 2.13. The van der Waals surface area contributed by atoms with Crippen LogP contribution >= 0.6 is 11.8 Å². The lowest BCUT2D eigenvalue weighted by Gasteiger charge is -2.10. The van der Waals surface area contributed by atoms with Crippen molar-refractivity contribution in [2.45, 2.75) is 30.9 Å². The summed E-state index contributed by atoms with van der Waals surface area (Å²) in [6, 6.07) is 28.2. The number of imidazole rings is 1. The molecule has 5 aromatic rings. The maximum atomic E-state index is 12.5. The molecule has 5 rings (SSSR count). The third kappa shape index (κ3) is 5.61. The normalized spacial score (nSPS) is 11.0. The first-order chi connectivity index (χ1) is 17.2. The topological polar surface area (TPSA) is 59.8 Å². The van der Waals surface area contributed by atoms with Crippen molar-refractivity contribution in [2.24, 2.45) is 0 Å². The van der Waals surface area contributed by atoms with Gasteiger partial charge >= 0.3 is 0 Å². The lowest BCUT2D eigenvalue weighted by Crippen LogP contribution is -2.22. The van der Waals surface area contributed by atoms with Gasteiger partial charge < -0.3 is 9.88 Å². The molecule has 3 aromatic carbocycles. The van der Waals surface area contributed by atoms with Crippen molar-refractivity contribution in [3.8, 4) is 0 Å². The van der Waals surface area contributed by atoms with E-state index in [1.165, 1.54) is 11.1 Å². The molecular weight excluding hydrogens is 452 g/mol. The number of thioether (sulfide) groups is 1. The van der Waals surface area contributed by atoms with Gasteiger partial charge in [0.05, 0.1) is 23.8 Å². The van der Waals surface area contributed by atoms with Crippen LogP contribution in [-0.2, 0) is 18.8 Å². The van der Waals surface area contributed by atoms with Crippen molar-refractivity contribution in [1.82, 2.24) is 19.9 Å². The van der Waals surface area contributed by atoms with E-state index < -0.39 is 0 Å². The number of nitrogens with one attached hydrogen (secondary N) is 1. The van der Waals surface area contributed by atoms with Gasteiger partial charge in [-0.1, -0.05) is 84.1 Å². The van der Waals surface area contributed by atoms with Gasteiger partial charge in [-0.2, -0.15) is 0 Å². The van der Waals surface area contributed by atoms with E-state index in [1.807, 2.05) is 66.9 Å². The summed E-state index contributed by atoms with van der Waals surface area (Å²) in [5.74, 6) is 0.691. The standard InChI is InChI=1S/C29H26N4OS/c1-21-6-5-9-24(16-21)19-33-27-18-30-15-14-26(27)32-29(33)35-20-23-10-12-25(13-11-23)28(34)31-17-22-7-3-2-4-8-22/h2-16,18H,17,19-20H2,1H3,(H,31,34). The first kappa shape index (κ1) is 22.9. The summed E-state index contributed by atoms with van der Waals surface area (Å²) in [7, 11) is 0. The van der Waals surface area contributed by atoms with Crippen LogP contribution in [0.15, 0.2) is 102 Å². The highest BCUT2D eigenvalue weighted by Crippen LogP contribution is 2.27. The SMILES string of the molecule is Cc1cccc(Cn2c(SCc3ccc(C(=O)NCc4ccccc4)cc3)nc3ccncc32)c1. The molecule has 0 spiro atoms. The van der Waals surface area contributed by atoms with Crippen molar-refractivity contribution in [1.29, 1.82) is 0 Å². The summed E-state index contributed by atoms with van der Waals surface area (Å²) in [6.45, 7) is 3.37. The number of benzene rings is 3. The van der Waals surface area contributed by atoms with Crippen LogP contribution in [0.5, 0.6) is 0 Å². The molecule has 1 N–H and O–H groups in total. The zero-order valence-electron chi connectivity index (χ0n) is 19.5. The molecule has 5 nitrogen and oxygen atoms in total. The van der Waals surface area contributed by atoms with Crippen molar-refractivity contribution in [3.05, 3.63) is 125 Å². The molecule has 0 atom stereocenters. The van der Waals surface area contributed by atoms with Gasteiger partial charge in [-0.3, -0.25) is 9.78 Å². The summed E-state index contributed by atoms with van der Waals surface area (Å²) in [6.07, 6.45) is 3.66. The number of carbonyl (C=O) groups excluding carboxylic acids is 1. The zero-order valence-corrected chi connectivity index (χ0v) is 20.3. The average Bonchev–Trinajstić information content (AvgIpc) is 3.24. The van der Waals surface area contributed by atoms with Crippen LogP contribution in [-0.4, -0.2) is 20.4 Å². The summed E-state index contributed by atoms with van der Waals surface area (Å²) in [5, 5.41) is 3.94. The lowest BCUT2D eigenvalue weighted by atomic mass is 10.1. The van der Waals surface area contributed by atoms with Gasteiger partial charge in [-0.05, 0) is 41.8 Å². The second kappa shape index (κ2) is 10.6. The molecule has 1 amide bonds. The highest BCUT2D eigenvalue weighted by atomic mass is 32.2. The number of amides is 1. The Morgan fingerprint density at radius 1 is 0.914 bits per heavy atom. The second-order valence-corrected chi connectivity index (χ2v) is 9.43. The fraction of sp³-hybridized carbons (Fsp3) is 0.138. The van der Waals surface area contributed by atoms with Crippen LogP contribution < -0.4 is 5.32 Å². The Bertz CT molecular complexity index is 1450. The quantitative estimate of drug-likeness (QED) is 0.278. The molecule has 0 unspecified atom stereocenters. The summed E-state index contributed by atoms with van der Waals surface area (Å²) < 4.78 is 2.23. The predicted molar refractivity (Wildman–Crippen MR) is 141 cm³/mol. The van der Waals surface area contributed by atoms with Crippen LogP contribution in [0.2, 0.25) is 0 Å². The number of carbonyl (C=O) groups is 1. The summed E-state index contributed by atoms with van der Waals surface area (Å²) in [4.78, 5) is 21.7. The van der Waals surface area contributed by atoms with Gasteiger partial charge in [0.2, 0.25) is 0 Å². The third-order valence-electron chi connectivity index (χ3n) is 5.82. The molecule has 174 valence electrons. The Morgan fingerprint density at radius 2 is 1.71 bits per heavy atom. The molecular formula is C29H26N4OS. The fourth-order valence-corrected chi connectivity index (χ4v) is 4.95. The molecule has 0 fully saturated rings. The first-order valence-corrected chi connectivity index (χ1v) is 12.5. The third-order valence-corrected chi connectivity index (χ3v) is 6.87. The number of aryl methyl sites for hydroxylation is 1. The first-order valence-electron chi connectivity index (χ1n) is 11.6. The zero-order chi connectivity index (χ0) is 24.0. The van der Waals surface area contributed by atoms with E-state index in [4.69, 9.17) is 4.98 Å². The van der Waals surface area contributed by atoms with Crippen LogP contribution in [0.1, 0.15) is 32.6 Å². The van der Waals surface area contributed by atoms with E-state index in [9.17, 15) is 4.79 Å². The van der Waals surface area contributed by atoms with Gasteiger partial charge in [-0.25, -0.2) is 4.98 Å². The molecule has 6 heteroatoms. The molecule has 2 heterocycles. The van der Waals surface area contributed by atoms with Crippen molar-refractivity contribution in [3.63, 3.8) is 0 Å². The summed E-state index contributed by atoms with van der Waals surface area (Å²) >= 11 is 1.69. The number of fused-ring (bicyclic) bond motifs is 1. The van der Waals surface area contributed by atoms with Gasteiger partial charge in [0, 0.05) is 24.1 Å². The minimum Gasteiger partial charge on any atom is -0.348 e. The van der Waals surface area contributed by atoms with Gasteiger partial charge in [0.15, 0.2) is 5.16 Å². The van der Waals surface area contributed by atoms with Crippen LogP contribution in [0.4, 0.5) is 0 Å². The number of aromatic nitrogens is 3. The van der Waals surface area contributed by atoms with E-state index in [-0.39, 0.29) is 5.91 Å². The van der Waals surface area contributed by atoms with E-state index in [0.717, 1.165) is 39.6 Å². The predicted octanol–water partition coefficient (Wildman–Crippen LogP) is 6.01. The lowest BCUT2D eigenvalue weighted by molar-refractivity contribution is 0.0951. The molecule has 0 saturated heterocycles. The Labute approximate surface area is 209 Å². The Kier molecular flexibility index (Phi) is 6.91. The minimum atomic E-state index is -0.0690. The minimum absolute atomic E-state index is 0.0690. The van der Waals surface area contributed by atoms with Crippen LogP contribution in [0.25, 0.3) is 11.0 Å². The van der Waals surface area contributed by atoms with E-state index in [0.29, 0.717) is 12.1 Å². The maximum absolute atomic E-state index is 12.5. The average molecular weight is 479 g/mol. The van der Waals surface area contributed by atoms with Gasteiger partial charge in [0.1, 0.15) is 0 Å². The fourth-order valence-electron chi connectivity index (χ4n) is 3.98. The highest BCUT2D eigenvalue weighted by molar-refractivity contribution is 7.98. The Balaban J connectivity index is 1.27. The van der Waals surface area contributed by atoms with E-state index in [2.05, 4.69) is 46.1 Å². The molecule has 0 aliphatic carbocycles. The number of hydrogen-bond acceptors (Lipinski definition) is 4. The molecule has 35 heavy (non-hydrogen) atoms. The van der Waals surface area contributed by atoms with Crippen molar-refractivity contribution < 1.29 is 4.79 Å². The monoisotopic (exact) mass is 478 g/mol. The van der Waals surface area contributed by atoms with Crippen molar-refractivity contribution in [2.75, 3.05) is 0 Å². The number of rotatable bonds is 8. The number of nitrogens with zero attached hydrogens (tertiary/aromatic N) is 3. The van der Waals surface area contributed by atoms with Crippen LogP contribution in [0.3, 0.4) is 0 Å².